The highest BCUT2D eigenvalue weighted by molar-refractivity contribution is 5.58. The van der Waals surface area contributed by atoms with Crippen molar-refractivity contribution in [1.82, 2.24) is 4.98 Å². The summed E-state index contributed by atoms with van der Waals surface area (Å²) in [6.45, 7) is 0. The van der Waals surface area contributed by atoms with E-state index in [1.165, 1.54) is 19.2 Å². The van der Waals surface area contributed by atoms with E-state index in [1.54, 1.807) is 12.1 Å². The molecule has 1 aliphatic rings. The van der Waals surface area contributed by atoms with Crippen molar-refractivity contribution in [2.75, 3.05) is 12.4 Å². The second-order valence-corrected chi connectivity index (χ2v) is 5.19. The SMILES string of the molecule is COc1cc(F)ccc1NC1CCCc2[nH]c(=O)ccc21. The molecule has 0 aliphatic heterocycles. The number of methoxy groups -OCH3 is 1. The summed E-state index contributed by atoms with van der Waals surface area (Å²) in [6.07, 6.45) is 2.83. The summed E-state index contributed by atoms with van der Waals surface area (Å²) in [5.74, 6) is 0.150. The fourth-order valence-electron chi connectivity index (χ4n) is 2.82. The number of aromatic nitrogens is 1. The van der Waals surface area contributed by atoms with E-state index < -0.39 is 0 Å². The number of H-pyrrole nitrogens is 1. The third-order valence-electron chi connectivity index (χ3n) is 3.83. The molecule has 0 amide bonds. The van der Waals surface area contributed by atoms with E-state index in [0.29, 0.717) is 5.75 Å². The zero-order chi connectivity index (χ0) is 14.8. The number of ether oxygens (including phenoxy) is 1. The molecule has 1 atom stereocenters. The Morgan fingerprint density at radius 1 is 1.33 bits per heavy atom. The van der Waals surface area contributed by atoms with Crippen molar-refractivity contribution in [3.05, 3.63) is 57.8 Å². The molecule has 110 valence electrons. The number of aromatic amines is 1. The highest BCUT2D eigenvalue weighted by Gasteiger charge is 2.21. The third-order valence-corrected chi connectivity index (χ3v) is 3.83. The van der Waals surface area contributed by atoms with Gasteiger partial charge in [0.1, 0.15) is 11.6 Å². The quantitative estimate of drug-likeness (QED) is 0.913. The standard InChI is InChI=1S/C16H17FN2O2/c1-21-15-9-10(17)5-7-14(15)18-12-3-2-4-13-11(12)6-8-16(20)19-13/h5-9,12,18H,2-4H2,1H3,(H,19,20). The topological polar surface area (TPSA) is 54.1 Å². The lowest BCUT2D eigenvalue weighted by Crippen LogP contribution is -2.21. The number of hydrogen-bond acceptors (Lipinski definition) is 3. The molecule has 0 bridgehead atoms. The molecule has 1 aromatic heterocycles. The van der Waals surface area contributed by atoms with Gasteiger partial charge in [-0.15, -0.1) is 0 Å². The Morgan fingerprint density at radius 3 is 3.00 bits per heavy atom. The molecule has 0 fully saturated rings. The van der Waals surface area contributed by atoms with Gasteiger partial charge in [0, 0.05) is 17.8 Å². The van der Waals surface area contributed by atoms with Crippen LogP contribution < -0.4 is 15.6 Å². The summed E-state index contributed by atoms with van der Waals surface area (Å²) in [7, 11) is 1.52. The van der Waals surface area contributed by atoms with Crippen molar-refractivity contribution >= 4 is 5.69 Å². The molecule has 3 rings (SSSR count). The Morgan fingerprint density at radius 2 is 2.19 bits per heavy atom. The summed E-state index contributed by atoms with van der Waals surface area (Å²) in [5.41, 5.74) is 2.75. The van der Waals surface area contributed by atoms with E-state index in [2.05, 4.69) is 10.3 Å². The molecule has 1 aromatic carbocycles. The molecule has 0 saturated heterocycles. The lowest BCUT2D eigenvalue weighted by molar-refractivity contribution is 0.412. The highest BCUT2D eigenvalue weighted by Crippen LogP contribution is 2.34. The van der Waals surface area contributed by atoms with Crippen LogP contribution in [0.4, 0.5) is 10.1 Å². The number of halogens is 1. The Hall–Kier alpha value is -2.30. The molecule has 21 heavy (non-hydrogen) atoms. The van der Waals surface area contributed by atoms with Gasteiger partial charge in [-0.05, 0) is 43.0 Å². The second kappa shape index (κ2) is 5.60. The van der Waals surface area contributed by atoms with Gasteiger partial charge in [0.15, 0.2) is 0 Å². The fourth-order valence-corrected chi connectivity index (χ4v) is 2.82. The minimum absolute atomic E-state index is 0.0752. The predicted molar refractivity (Wildman–Crippen MR) is 79.3 cm³/mol. The predicted octanol–water partition coefficient (Wildman–Crippen LogP) is 3.01. The lowest BCUT2D eigenvalue weighted by Gasteiger charge is -2.27. The number of fused-ring (bicyclic) bond motifs is 1. The third kappa shape index (κ3) is 2.77. The van der Waals surface area contributed by atoms with Crippen LogP contribution >= 0.6 is 0 Å². The first-order valence-electron chi connectivity index (χ1n) is 6.99. The maximum Gasteiger partial charge on any atom is 0.248 e. The van der Waals surface area contributed by atoms with Crippen LogP contribution in [0.3, 0.4) is 0 Å². The van der Waals surface area contributed by atoms with Crippen LogP contribution in [0.2, 0.25) is 0 Å². The van der Waals surface area contributed by atoms with Crippen LogP contribution in [0.25, 0.3) is 0 Å². The van der Waals surface area contributed by atoms with E-state index >= 15 is 0 Å². The number of aryl methyl sites for hydroxylation is 1. The molecule has 1 heterocycles. The zero-order valence-corrected chi connectivity index (χ0v) is 11.8. The molecule has 0 spiro atoms. The minimum Gasteiger partial charge on any atom is -0.494 e. The molecular weight excluding hydrogens is 271 g/mol. The summed E-state index contributed by atoms with van der Waals surface area (Å²) < 4.78 is 18.5. The van der Waals surface area contributed by atoms with Gasteiger partial charge < -0.3 is 15.0 Å². The first kappa shape index (κ1) is 13.7. The summed E-state index contributed by atoms with van der Waals surface area (Å²) >= 11 is 0. The molecule has 0 saturated carbocycles. The van der Waals surface area contributed by atoms with E-state index in [4.69, 9.17) is 4.74 Å². The van der Waals surface area contributed by atoms with Gasteiger partial charge in [-0.25, -0.2) is 4.39 Å². The average Bonchev–Trinajstić information content (AvgIpc) is 2.49. The molecule has 1 aliphatic carbocycles. The van der Waals surface area contributed by atoms with Gasteiger partial charge in [0.25, 0.3) is 0 Å². The average molecular weight is 288 g/mol. The fraction of sp³-hybridized carbons (Fsp3) is 0.312. The summed E-state index contributed by atoms with van der Waals surface area (Å²) in [5, 5.41) is 3.39. The van der Waals surface area contributed by atoms with Crippen LogP contribution in [0, 0.1) is 5.82 Å². The van der Waals surface area contributed by atoms with Crippen LogP contribution in [-0.4, -0.2) is 12.1 Å². The van der Waals surface area contributed by atoms with E-state index in [1.807, 2.05) is 6.07 Å². The van der Waals surface area contributed by atoms with Gasteiger partial charge in [0.05, 0.1) is 18.8 Å². The first-order chi connectivity index (χ1) is 10.2. The number of rotatable bonds is 3. The Balaban J connectivity index is 1.92. The van der Waals surface area contributed by atoms with Crippen molar-refractivity contribution in [3.8, 4) is 5.75 Å². The smallest absolute Gasteiger partial charge is 0.248 e. The van der Waals surface area contributed by atoms with Crippen molar-refractivity contribution in [2.24, 2.45) is 0 Å². The second-order valence-electron chi connectivity index (χ2n) is 5.19. The molecule has 5 heteroatoms. The largest absolute Gasteiger partial charge is 0.494 e. The van der Waals surface area contributed by atoms with E-state index in [9.17, 15) is 9.18 Å². The van der Waals surface area contributed by atoms with Crippen LogP contribution in [0.5, 0.6) is 5.75 Å². The molecule has 2 aromatic rings. The van der Waals surface area contributed by atoms with Crippen molar-refractivity contribution in [1.29, 1.82) is 0 Å². The highest BCUT2D eigenvalue weighted by atomic mass is 19.1. The van der Waals surface area contributed by atoms with Crippen LogP contribution in [-0.2, 0) is 6.42 Å². The normalized spacial score (nSPS) is 17.1. The first-order valence-corrected chi connectivity index (χ1v) is 6.99. The van der Waals surface area contributed by atoms with E-state index in [-0.39, 0.29) is 17.4 Å². The van der Waals surface area contributed by atoms with Crippen molar-refractivity contribution < 1.29 is 9.13 Å². The monoisotopic (exact) mass is 288 g/mol. The Kier molecular flexibility index (Phi) is 3.64. The molecule has 1 unspecified atom stereocenters. The zero-order valence-electron chi connectivity index (χ0n) is 11.8. The van der Waals surface area contributed by atoms with Gasteiger partial charge in [-0.1, -0.05) is 0 Å². The number of nitrogens with one attached hydrogen (secondary N) is 2. The molecule has 0 radical (unpaired) electrons. The van der Waals surface area contributed by atoms with Gasteiger partial charge in [-0.2, -0.15) is 0 Å². The molecular formula is C16H17FN2O2. The maximum atomic E-state index is 13.2. The maximum absolute atomic E-state index is 13.2. The number of pyridine rings is 1. The van der Waals surface area contributed by atoms with E-state index in [0.717, 1.165) is 36.2 Å². The Bertz CT molecular complexity index is 712. The molecule has 2 N–H and O–H groups in total. The van der Waals surface area contributed by atoms with Gasteiger partial charge in [0.2, 0.25) is 5.56 Å². The van der Waals surface area contributed by atoms with Crippen LogP contribution in [0.15, 0.2) is 35.1 Å². The number of benzene rings is 1. The van der Waals surface area contributed by atoms with Crippen molar-refractivity contribution in [2.45, 2.75) is 25.3 Å². The van der Waals surface area contributed by atoms with Crippen molar-refractivity contribution in [3.63, 3.8) is 0 Å². The number of hydrogen-bond donors (Lipinski definition) is 2. The minimum atomic E-state index is -0.328. The number of anilines is 1. The van der Waals surface area contributed by atoms with Gasteiger partial charge in [-0.3, -0.25) is 4.79 Å². The molecule has 4 nitrogen and oxygen atoms in total. The summed E-state index contributed by atoms with van der Waals surface area (Å²) in [4.78, 5) is 14.3. The lowest BCUT2D eigenvalue weighted by atomic mass is 9.91. The van der Waals surface area contributed by atoms with Gasteiger partial charge >= 0.3 is 0 Å². The van der Waals surface area contributed by atoms with Crippen LogP contribution in [0.1, 0.15) is 30.1 Å². The summed E-state index contributed by atoms with van der Waals surface area (Å²) in [6, 6.07) is 7.93. The Labute approximate surface area is 122 Å².